The molecular weight excluding hydrogens is 289 g/mol. The second-order valence-electron chi connectivity index (χ2n) is 5.05. The van der Waals surface area contributed by atoms with Crippen LogP contribution >= 0.6 is 0 Å². The van der Waals surface area contributed by atoms with E-state index in [0.29, 0.717) is 13.0 Å². The van der Waals surface area contributed by atoms with E-state index in [1.165, 1.54) is 12.3 Å². The lowest BCUT2D eigenvalue weighted by Gasteiger charge is -2.17. The number of hydrogen-bond acceptors (Lipinski definition) is 4. The Balaban J connectivity index is 1.94. The number of halogens is 3. The van der Waals surface area contributed by atoms with Crippen LogP contribution in [0.3, 0.4) is 0 Å². The lowest BCUT2D eigenvalue weighted by molar-refractivity contribution is -0.142. The van der Waals surface area contributed by atoms with Gasteiger partial charge in [0.15, 0.2) is 5.82 Å². The van der Waals surface area contributed by atoms with Gasteiger partial charge in [-0.15, -0.1) is 0 Å². The van der Waals surface area contributed by atoms with Crippen LogP contribution in [0.2, 0.25) is 0 Å². The summed E-state index contributed by atoms with van der Waals surface area (Å²) in [5, 5.41) is 6.22. The zero-order valence-electron chi connectivity index (χ0n) is 11.7. The minimum Gasteiger partial charge on any atom is -0.380 e. The molecule has 1 aromatic heterocycles. The van der Waals surface area contributed by atoms with Crippen molar-refractivity contribution in [3.63, 3.8) is 0 Å². The molecule has 0 radical (unpaired) electrons. The lowest BCUT2D eigenvalue weighted by Crippen LogP contribution is -2.37. The molecule has 1 fully saturated rings. The highest BCUT2D eigenvalue weighted by atomic mass is 19.4. The Morgan fingerprint density at radius 2 is 2.29 bits per heavy atom. The number of nitrogens with zero attached hydrogens (tertiary/aromatic N) is 3. The van der Waals surface area contributed by atoms with Gasteiger partial charge in [-0.25, -0.2) is 0 Å². The van der Waals surface area contributed by atoms with Crippen molar-refractivity contribution in [2.24, 2.45) is 0 Å². The minimum absolute atomic E-state index is 0.0199. The minimum atomic E-state index is -4.34. The van der Waals surface area contributed by atoms with E-state index in [1.54, 1.807) is 14.2 Å². The summed E-state index contributed by atoms with van der Waals surface area (Å²) in [7, 11) is 3.38. The number of alkyl halides is 3. The maximum atomic E-state index is 12.2. The molecule has 0 spiro atoms. The first kappa shape index (κ1) is 15.8. The molecule has 0 unspecified atom stereocenters. The molecule has 1 aromatic rings. The molecule has 2 atom stereocenters. The molecule has 118 valence electrons. The Bertz CT molecular complexity index is 503. The maximum Gasteiger partial charge on any atom is 0.408 e. The van der Waals surface area contributed by atoms with E-state index < -0.39 is 12.7 Å². The van der Waals surface area contributed by atoms with Crippen LogP contribution in [0.25, 0.3) is 0 Å². The number of anilines is 1. The molecule has 0 saturated carbocycles. The first-order chi connectivity index (χ1) is 9.78. The van der Waals surface area contributed by atoms with Gasteiger partial charge in [0.25, 0.3) is 0 Å². The molecule has 1 N–H and O–H groups in total. The van der Waals surface area contributed by atoms with Gasteiger partial charge in [-0.2, -0.15) is 18.3 Å². The van der Waals surface area contributed by atoms with E-state index in [9.17, 15) is 18.0 Å². The zero-order chi connectivity index (χ0) is 15.6. The number of rotatable bonds is 4. The van der Waals surface area contributed by atoms with E-state index >= 15 is 0 Å². The predicted octanol–water partition coefficient (Wildman–Crippen LogP) is 1.10. The van der Waals surface area contributed by atoms with Gasteiger partial charge in [0, 0.05) is 25.9 Å². The summed E-state index contributed by atoms with van der Waals surface area (Å²) in [5.74, 6) is -0.187. The standard InChI is InChI=1S/C12H17F3N4O2/c1-18-6-8(21-2)5-9(18)11(20)16-10-3-4-19(17-10)7-12(13,14)15/h3-4,8-9H,5-7H2,1-2H3,(H,16,17,20)/t8-,9-/m0/s1. The van der Waals surface area contributed by atoms with Crippen LogP contribution in [0.4, 0.5) is 19.0 Å². The third-order valence-electron chi connectivity index (χ3n) is 3.38. The number of ether oxygens (including phenoxy) is 1. The summed E-state index contributed by atoms with van der Waals surface area (Å²) in [5.41, 5.74) is 0. The average molecular weight is 306 g/mol. The van der Waals surface area contributed by atoms with Gasteiger partial charge >= 0.3 is 6.18 Å². The van der Waals surface area contributed by atoms with E-state index in [-0.39, 0.29) is 23.9 Å². The zero-order valence-corrected chi connectivity index (χ0v) is 11.7. The number of carbonyl (C=O) groups excluding carboxylic acids is 1. The third-order valence-corrected chi connectivity index (χ3v) is 3.38. The number of hydrogen-bond donors (Lipinski definition) is 1. The van der Waals surface area contributed by atoms with Crippen LogP contribution in [0, 0.1) is 0 Å². The Hall–Kier alpha value is -1.61. The fraction of sp³-hybridized carbons (Fsp3) is 0.667. The van der Waals surface area contributed by atoms with E-state index in [2.05, 4.69) is 10.4 Å². The molecule has 1 aliphatic heterocycles. The van der Waals surface area contributed by atoms with Crippen LogP contribution in [-0.2, 0) is 16.1 Å². The van der Waals surface area contributed by atoms with Crippen LogP contribution in [0.1, 0.15) is 6.42 Å². The van der Waals surface area contributed by atoms with Gasteiger partial charge in [0.1, 0.15) is 6.54 Å². The number of nitrogens with one attached hydrogen (secondary N) is 1. The number of methoxy groups -OCH3 is 1. The maximum absolute atomic E-state index is 12.2. The Morgan fingerprint density at radius 1 is 1.57 bits per heavy atom. The molecule has 0 aliphatic carbocycles. The van der Waals surface area contributed by atoms with Gasteiger partial charge < -0.3 is 10.1 Å². The normalized spacial score (nSPS) is 23.5. The van der Waals surface area contributed by atoms with Crippen molar-refractivity contribution in [1.29, 1.82) is 0 Å². The van der Waals surface area contributed by atoms with Crippen molar-refractivity contribution in [3.05, 3.63) is 12.3 Å². The summed E-state index contributed by atoms with van der Waals surface area (Å²) in [6.07, 6.45) is -2.64. The SMILES string of the molecule is CO[C@H]1C[C@@H](C(=O)Nc2ccn(CC(F)(F)F)n2)N(C)C1. The second kappa shape index (κ2) is 6.02. The van der Waals surface area contributed by atoms with Crippen molar-refractivity contribution in [2.45, 2.75) is 31.3 Å². The number of amides is 1. The summed E-state index contributed by atoms with van der Waals surface area (Å²) >= 11 is 0. The van der Waals surface area contributed by atoms with E-state index in [4.69, 9.17) is 4.74 Å². The second-order valence-corrected chi connectivity index (χ2v) is 5.05. The monoisotopic (exact) mass is 306 g/mol. The molecule has 9 heteroatoms. The van der Waals surface area contributed by atoms with Crippen molar-refractivity contribution in [3.8, 4) is 0 Å². The molecular formula is C12H17F3N4O2. The molecule has 0 aromatic carbocycles. The Labute approximate surface area is 119 Å². The fourth-order valence-corrected chi connectivity index (χ4v) is 2.34. The van der Waals surface area contributed by atoms with Gasteiger partial charge in [-0.3, -0.25) is 14.4 Å². The van der Waals surface area contributed by atoms with Crippen LogP contribution in [0.15, 0.2) is 12.3 Å². The van der Waals surface area contributed by atoms with Crippen molar-refractivity contribution in [1.82, 2.24) is 14.7 Å². The van der Waals surface area contributed by atoms with E-state index in [1.807, 2.05) is 4.90 Å². The number of aromatic nitrogens is 2. The van der Waals surface area contributed by atoms with Crippen molar-refractivity contribution in [2.75, 3.05) is 26.0 Å². The van der Waals surface area contributed by atoms with Gasteiger partial charge in [-0.05, 0) is 13.5 Å². The molecule has 0 bridgehead atoms. The smallest absolute Gasteiger partial charge is 0.380 e. The molecule has 1 aliphatic rings. The average Bonchev–Trinajstić information content (AvgIpc) is 2.94. The van der Waals surface area contributed by atoms with Gasteiger partial charge in [-0.1, -0.05) is 0 Å². The van der Waals surface area contributed by atoms with Crippen LogP contribution < -0.4 is 5.32 Å². The summed E-state index contributed by atoms with van der Waals surface area (Å²) < 4.78 is 42.6. The highest BCUT2D eigenvalue weighted by molar-refractivity contribution is 5.94. The molecule has 1 amide bonds. The molecule has 2 heterocycles. The molecule has 21 heavy (non-hydrogen) atoms. The Kier molecular flexibility index (Phi) is 4.52. The fourth-order valence-electron chi connectivity index (χ4n) is 2.34. The quantitative estimate of drug-likeness (QED) is 0.905. The molecule has 2 rings (SSSR count). The first-order valence-electron chi connectivity index (χ1n) is 6.42. The van der Waals surface area contributed by atoms with Crippen molar-refractivity contribution < 1.29 is 22.7 Å². The number of carbonyl (C=O) groups is 1. The topological polar surface area (TPSA) is 59.4 Å². The highest BCUT2D eigenvalue weighted by Crippen LogP contribution is 2.20. The highest BCUT2D eigenvalue weighted by Gasteiger charge is 2.35. The van der Waals surface area contributed by atoms with Gasteiger partial charge in [0.2, 0.25) is 5.91 Å². The number of likely N-dealkylation sites (tertiary alicyclic amines) is 1. The van der Waals surface area contributed by atoms with Crippen LogP contribution in [-0.4, -0.2) is 59.6 Å². The lowest BCUT2D eigenvalue weighted by atomic mass is 10.2. The Morgan fingerprint density at radius 3 is 2.86 bits per heavy atom. The largest absolute Gasteiger partial charge is 0.408 e. The van der Waals surface area contributed by atoms with Crippen LogP contribution in [0.5, 0.6) is 0 Å². The predicted molar refractivity (Wildman–Crippen MR) is 68.7 cm³/mol. The summed E-state index contributed by atoms with van der Waals surface area (Å²) in [6, 6.07) is 0.967. The summed E-state index contributed by atoms with van der Waals surface area (Å²) in [6.45, 7) is -0.547. The van der Waals surface area contributed by atoms with E-state index in [0.717, 1.165) is 4.68 Å². The third kappa shape index (κ3) is 4.18. The molecule has 1 saturated heterocycles. The van der Waals surface area contributed by atoms with Gasteiger partial charge in [0.05, 0.1) is 12.1 Å². The molecule has 6 nitrogen and oxygen atoms in total. The number of likely N-dealkylation sites (N-methyl/N-ethyl adjacent to an activating group) is 1. The summed E-state index contributed by atoms with van der Waals surface area (Å²) in [4.78, 5) is 13.9. The van der Waals surface area contributed by atoms with Crippen molar-refractivity contribution >= 4 is 11.7 Å². The first-order valence-corrected chi connectivity index (χ1v) is 6.42.